The summed E-state index contributed by atoms with van der Waals surface area (Å²) in [6.07, 6.45) is 5.21. The van der Waals surface area contributed by atoms with E-state index in [0.29, 0.717) is 36.1 Å². The number of H-pyrrole nitrogens is 1. The van der Waals surface area contributed by atoms with Gasteiger partial charge in [0.2, 0.25) is 5.91 Å². The summed E-state index contributed by atoms with van der Waals surface area (Å²) in [5.41, 5.74) is 3.20. The van der Waals surface area contributed by atoms with E-state index in [4.69, 9.17) is 0 Å². The fraction of sp³-hybridized carbons (Fsp3) is 0.290. The lowest BCUT2D eigenvalue weighted by atomic mass is 10.2. The molecule has 40 heavy (non-hydrogen) atoms. The van der Waals surface area contributed by atoms with Crippen LogP contribution in [0.2, 0.25) is 0 Å². The number of hydrogen-bond donors (Lipinski definition) is 3. The Morgan fingerprint density at radius 1 is 0.975 bits per heavy atom. The Morgan fingerprint density at radius 2 is 1.68 bits per heavy atom. The molecule has 0 aliphatic carbocycles. The molecule has 0 unspecified atom stereocenters. The highest BCUT2D eigenvalue weighted by atomic mass is 16.1. The van der Waals surface area contributed by atoms with Gasteiger partial charge in [0.15, 0.2) is 12.1 Å². The van der Waals surface area contributed by atoms with E-state index in [1.165, 1.54) is 38.7 Å². The molecule has 4 aromatic rings. The number of anilines is 1. The van der Waals surface area contributed by atoms with Crippen molar-refractivity contribution in [1.29, 1.82) is 0 Å². The third kappa shape index (κ3) is 8.59. The summed E-state index contributed by atoms with van der Waals surface area (Å²) in [6, 6.07) is 21.8. The van der Waals surface area contributed by atoms with Crippen LogP contribution in [0.1, 0.15) is 23.0 Å². The van der Waals surface area contributed by atoms with Crippen molar-refractivity contribution >= 4 is 35.1 Å². The van der Waals surface area contributed by atoms with Crippen molar-refractivity contribution < 1.29 is 9.59 Å². The Labute approximate surface area is 235 Å². The lowest BCUT2D eigenvalue weighted by molar-refractivity contribution is -0.118. The van der Waals surface area contributed by atoms with Crippen LogP contribution in [0.4, 0.5) is 5.82 Å². The second kappa shape index (κ2) is 14.7. The van der Waals surface area contributed by atoms with Crippen LogP contribution in [0.3, 0.4) is 0 Å². The molecule has 2 aromatic carbocycles. The molecule has 1 aliphatic rings. The molecule has 1 saturated heterocycles. The average Bonchev–Trinajstić information content (AvgIpc) is 3.41. The number of piperazine rings is 1. The number of aldehydes is 1. The second-order valence-electron chi connectivity index (χ2n) is 9.69. The van der Waals surface area contributed by atoms with Crippen molar-refractivity contribution in [2.75, 3.05) is 58.2 Å². The van der Waals surface area contributed by atoms with Gasteiger partial charge in [-0.1, -0.05) is 72.8 Å². The average molecular weight is 540 g/mol. The van der Waals surface area contributed by atoms with Crippen LogP contribution in [0.5, 0.6) is 0 Å². The number of likely N-dealkylation sites (N-methyl/N-ethyl adjacent to an activating group) is 1. The van der Waals surface area contributed by atoms with Gasteiger partial charge < -0.3 is 20.5 Å². The van der Waals surface area contributed by atoms with Crippen molar-refractivity contribution in [1.82, 2.24) is 30.1 Å². The molecule has 0 spiro atoms. The number of amides is 1. The van der Waals surface area contributed by atoms with Crippen LogP contribution >= 0.6 is 0 Å². The summed E-state index contributed by atoms with van der Waals surface area (Å²) in [6.45, 7) is 8.30. The van der Waals surface area contributed by atoms with E-state index in [0.717, 1.165) is 23.8 Å². The fourth-order valence-corrected chi connectivity index (χ4v) is 4.30. The molecular formula is C31H37N7O2. The molecular weight excluding hydrogens is 502 g/mol. The Bertz CT molecular complexity index is 1400. The van der Waals surface area contributed by atoms with Crippen LogP contribution in [0.15, 0.2) is 72.8 Å². The van der Waals surface area contributed by atoms with Crippen molar-refractivity contribution in [3.63, 3.8) is 0 Å². The van der Waals surface area contributed by atoms with Crippen LogP contribution in [0, 0.1) is 0 Å². The Balaban J connectivity index is 0.000000201. The Kier molecular flexibility index (Phi) is 10.5. The molecule has 1 amide bonds. The third-order valence-electron chi connectivity index (χ3n) is 6.53. The smallest absolute Gasteiger partial charge is 0.216 e. The van der Waals surface area contributed by atoms with E-state index in [1.54, 1.807) is 6.07 Å². The highest BCUT2D eigenvalue weighted by molar-refractivity contribution is 5.93. The fourth-order valence-electron chi connectivity index (χ4n) is 4.30. The summed E-state index contributed by atoms with van der Waals surface area (Å²) < 4.78 is 0. The number of nitrogens with zero attached hydrogens (tertiary/aromatic N) is 4. The molecule has 1 aliphatic heterocycles. The minimum Gasteiger partial charge on any atom is -0.368 e. The molecule has 9 heteroatoms. The number of hydrogen-bond acceptors (Lipinski definition) is 7. The third-order valence-corrected chi connectivity index (χ3v) is 6.53. The van der Waals surface area contributed by atoms with Gasteiger partial charge in [-0.3, -0.25) is 14.5 Å². The topological polar surface area (TPSA) is 106 Å². The van der Waals surface area contributed by atoms with Crippen LogP contribution in [-0.2, 0) is 4.79 Å². The van der Waals surface area contributed by atoms with E-state index < -0.39 is 0 Å². The number of carbonyl (C=O) groups excluding carboxylic acids is 2. The number of nitrogens with one attached hydrogen (secondary N) is 3. The molecule has 0 radical (unpaired) electrons. The highest BCUT2D eigenvalue weighted by Gasteiger charge is 2.13. The molecule has 5 rings (SSSR count). The number of fused-ring (bicyclic) bond motifs is 1. The summed E-state index contributed by atoms with van der Waals surface area (Å²) in [7, 11) is 2.19. The number of carbonyl (C=O) groups is 2. The van der Waals surface area contributed by atoms with Gasteiger partial charge in [0, 0.05) is 58.3 Å². The van der Waals surface area contributed by atoms with E-state index in [2.05, 4.69) is 84.9 Å². The standard InChI is InChI=1S/C17H17N5O2.C14H20N2/c1-11(24)18-7-8-19-16-14-9-13(10-23)20-17(14)22-15(21-16)12-5-3-2-4-6-12;1-15-10-12-16(13-11-15)9-5-8-14-6-3-2-4-7-14/h2-6,9-10H,7-8H2,1H3,(H,18,24)(H2,19,20,21,22);2-8H,9-13H2,1H3/b;8-5+. The summed E-state index contributed by atoms with van der Waals surface area (Å²) in [5, 5.41) is 6.64. The number of benzene rings is 2. The molecule has 1 fully saturated rings. The van der Waals surface area contributed by atoms with Gasteiger partial charge in [-0.15, -0.1) is 0 Å². The molecule has 9 nitrogen and oxygen atoms in total. The van der Waals surface area contributed by atoms with Crippen molar-refractivity contribution in [3.05, 3.63) is 84.1 Å². The zero-order valence-corrected chi connectivity index (χ0v) is 23.1. The van der Waals surface area contributed by atoms with Crippen LogP contribution in [0.25, 0.3) is 28.5 Å². The first kappa shape index (κ1) is 28.7. The van der Waals surface area contributed by atoms with Crippen molar-refractivity contribution in [3.8, 4) is 11.4 Å². The lowest BCUT2D eigenvalue weighted by Gasteiger charge is -2.31. The first-order chi connectivity index (χ1) is 19.5. The van der Waals surface area contributed by atoms with E-state index in [-0.39, 0.29) is 5.91 Å². The minimum atomic E-state index is -0.0838. The zero-order chi connectivity index (χ0) is 28.2. The minimum absolute atomic E-state index is 0.0838. The van der Waals surface area contributed by atoms with Gasteiger partial charge in [-0.05, 0) is 18.7 Å². The normalized spacial score (nSPS) is 14.1. The van der Waals surface area contributed by atoms with Gasteiger partial charge in [0.25, 0.3) is 0 Å². The molecule has 0 atom stereocenters. The van der Waals surface area contributed by atoms with Gasteiger partial charge in [0.1, 0.15) is 11.5 Å². The van der Waals surface area contributed by atoms with Gasteiger partial charge in [0.05, 0.1) is 11.1 Å². The monoisotopic (exact) mass is 539 g/mol. The molecule has 3 heterocycles. The maximum absolute atomic E-state index is 11.0. The van der Waals surface area contributed by atoms with Gasteiger partial charge in [-0.2, -0.15) is 0 Å². The maximum Gasteiger partial charge on any atom is 0.216 e. The zero-order valence-electron chi connectivity index (χ0n) is 23.1. The van der Waals surface area contributed by atoms with E-state index in [1.807, 2.05) is 30.3 Å². The summed E-state index contributed by atoms with van der Waals surface area (Å²) >= 11 is 0. The van der Waals surface area contributed by atoms with Crippen LogP contribution in [-0.4, -0.2) is 89.8 Å². The number of rotatable bonds is 9. The number of aromatic amines is 1. The first-order valence-corrected chi connectivity index (χ1v) is 13.5. The molecule has 0 bridgehead atoms. The molecule has 208 valence electrons. The first-order valence-electron chi connectivity index (χ1n) is 13.5. The lowest BCUT2D eigenvalue weighted by Crippen LogP contribution is -2.44. The number of aromatic nitrogens is 3. The molecule has 2 aromatic heterocycles. The maximum atomic E-state index is 11.0. The SMILES string of the molecule is CC(=O)NCCNc1nc(-c2ccccc2)nc2[nH]c(C=O)cc12.CN1CCN(C/C=C/c2ccccc2)CC1. The summed E-state index contributed by atoms with van der Waals surface area (Å²) in [5.74, 6) is 1.09. The van der Waals surface area contributed by atoms with Crippen molar-refractivity contribution in [2.45, 2.75) is 6.92 Å². The van der Waals surface area contributed by atoms with E-state index >= 15 is 0 Å². The van der Waals surface area contributed by atoms with E-state index in [9.17, 15) is 9.59 Å². The predicted octanol–water partition coefficient (Wildman–Crippen LogP) is 3.93. The van der Waals surface area contributed by atoms with Crippen LogP contribution < -0.4 is 10.6 Å². The Hall–Kier alpha value is -4.34. The van der Waals surface area contributed by atoms with Gasteiger partial charge in [-0.25, -0.2) is 9.97 Å². The largest absolute Gasteiger partial charge is 0.368 e. The molecule has 0 saturated carbocycles. The highest BCUT2D eigenvalue weighted by Crippen LogP contribution is 2.25. The van der Waals surface area contributed by atoms with Crippen molar-refractivity contribution in [2.24, 2.45) is 0 Å². The predicted molar refractivity (Wildman–Crippen MR) is 161 cm³/mol. The molecule has 3 N–H and O–H groups in total. The quantitative estimate of drug-likeness (QED) is 0.219. The Morgan fingerprint density at radius 3 is 2.35 bits per heavy atom. The second-order valence-corrected chi connectivity index (χ2v) is 9.69. The summed E-state index contributed by atoms with van der Waals surface area (Å²) in [4.78, 5) is 38.9. The van der Waals surface area contributed by atoms with Gasteiger partial charge >= 0.3 is 0 Å².